The van der Waals surface area contributed by atoms with Crippen molar-refractivity contribution < 1.29 is 4.74 Å². The number of hydrogen-bond donors (Lipinski definition) is 2. The van der Waals surface area contributed by atoms with Gasteiger partial charge in [-0.15, -0.1) is 0 Å². The molecule has 1 atom stereocenters. The van der Waals surface area contributed by atoms with Gasteiger partial charge in [-0.25, -0.2) is 0 Å². The number of pyridine rings is 1. The summed E-state index contributed by atoms with van der Waals surface area (Å²) in [4.78, 5) is 12.4. The fraction of sp³-hybridized carbons (Fsp3) is 0.438. The SMILES string of the molecule is Cn1c(=O)c2c(c3cc(N)ccc31)NC(C1CCC1)CO2. The van der Waals surface area contributed by atoms with Gasteiger partial charge in [0.2, 0.25) is 5.75 Å². The van der Waals surface area contributed by atoms with E-state index in [4.69, 9.17) is 10.5 Å². The third-order valence-electron chi connectivity index (χ3n) is 4.83. The number of benzene rings is 1. The lowest BCUT2D eigenvalue weighted by Crippen LogP contribution is -2.42. The largest absolute Gasteiger partial charge is 0.484 e. The second kappa shape index (κ2) is 4.41. The second-order valence-corrected chi connectivity index (χ2v) is 6.10. The van der Waals surface area contributed by atoms with Crippen LogP contribution in [0.25, 0.3) is 10.9 Å². The normalized spacial score (nSPS) is 21.3. The number of nitrogens with one attached hydrogen (secondary N) is 1. The number of nitrogen functional groups attached to an aromatic ring is 1. The Kier molecular flexibility index (Phi) is 2.64. The van der Waals surface area contributed by atoms with Gasteiger partial charge < -0.3 is 20.4 Å². The Morgan fingerprint density at radius 1 is 1.38 bits per heavy atom. The molecule has 0 amide bonds. The molecule has 3 N–H and O–H groups in total. The Labute approximate surface area is 122 Å². The van der Waals surface area contributed by atoms with Crippen molar-refractivity contribution in [3.63, 3.8) is 0 Å². The molecule has 0 spiro atoms. The predicted octanol–water partition coefficient (Wildman–Crippen LogP) is 2.09. The molecule has 110 valence electrons. The van der Waals surface area contributed by atoms with Gasteiger partial charge in [0.15, 0.2) is 0 Å². The Morgan fingerprint density at radius 2 is 2.19 bits per heavy atom. The van der Waals surface area contributed by atoms with Crippen LogP contribution in [0.4, 0.5) is 11.4 Å². The molecular weight excluding hydrogens is 266 g/mol. The first kappa shape index (κ1) is 12.6. The zero-order valence-corrected chi connectivity index (χ0v) is 12.1. The molecule has 4 rings (SSSR count). The van der Waals surface area contributed by atoms with Crippen molar-refractivity contribution in [1.29, 1.82) is 0 Å². The minimum Gasteiger partial charge on any atom is -0.484 e. The number of ether oxygens (including phenoxy) is 1. The molecule has 5 heteroatoms. The van der Waals surface area contributed by atoms with Crippen molar-refractivity contribution in [2.75, 3.05) is 17.7 Å². The number of nitrogens with zero attached hydrogens (tertiary/aromatic N) is 1. The van der Waals surface area contributed by atoms with Crippen molar-refractivity contribution in [2.24, 2.45) is 13.0 Å². The van der Waals surface area contributed by atoms with E-state index in [0.29, 0.717) is 30.0 Å². The van der Waals surface area contributed by atoms with Gasteiger partial charge in [0.05, 0.1) is 17.2 Å². The van der Waals surface area contributed by atoms with E-state index in [-0.39, 0.29) is 5.56 Å². The molecule has 2 aliphatic rings. The number of hydrogen-bond acceptors (Lipinski definition) is 4. The molecule has 21 heavy (non-hydrogen) atoms. The van der Waals surface area contributed by atoms with Gasteiger partial charge in [-0.3, -0.25) is 4.79 Å². The topological polar surface area (TPSA) is 69.3 Å². The van der Waals surface area contributed by atoms with Crippen LogP contribution in [0, 0.1) is 5.92 Å². The molecule has 1 aromatic heterocycles. The number of aryl methyl sites for hydroxylation is 1. The van der Waals surface area contributed by atoms with E-state index in [1.165, 1.54) is 19.3 Å². The second-order valence-electron chi connectivity index (χ2n) is 6.10. The van der Waals surface area contributed by atoms with Crippen LogP contribution in [0.3, 0.4) is 0 Å². The fourth-order valence-electron chi connectivity index (χ4n) is 3.31. The molecule has 1 fully saturated rings. The molecule has 2 aromatic rings. The van der Waals surface area contributed by atoms with Crippen LogP contribution in [-0.2, 0) is 7.05 Å². The van der Waals surface area contributed by atoms with E-state index in [0.717, 1.165) is 16.6 Å². The highest BCUT2D eigenvalue weighted by molar-refractivity contribution is 5.96. The Bertz CT molecular complexity index is 777. The fourth-order valence-corrected chi connectivity index (χ4v) is 3.31. The molecule has 2 heterocycles. The minimum atomic E-state index is -0.0955. The lowest BCUT2D eigenvalue weighted by atomic mass is 9.79. The van der Waals surface area contributed by atoms with E-state index in [2.05, 4.69) is 5.32 Å². The summed E-state index contributed by atoms with van der Waals surface area (Å²) in [5.74, 6) is 1.07. The van der Waals surface area contributed by atoms with Crippen LogP contribution >= 0.6 is 0 Å². The smallest absolute Gasteiger partial charge is 0.295 e. The molecule has 5 nitrogen and oxygen atoms in total. The number of aromatic nitrogens is 1. The van der Waals surface area contributed by atoms with Crippen molar-refractivity contribution in [3.8, 4) is 5.75 Å². The van der Waals surface area contributed by atoms with Crippen LogP contribution in [0.1, 0.15) is 19.3 Å². The maximum atomic E-state index is 12.4. The highest BCUT2D eigenvalue weighted by Crippen LogP contribution is 2.39. The molecule has 1 aromatic carbocycles. The lowest BCUT2D eigenvalue weighted by molar-refractivity contribution is 0.189. The van der Waals surface area contributed by atoms with Crippen LogP contribution in [0.15, 0.2) is 23.0 Å². The van der Waals surface area contributed by atoms with Gasteiger partial charge in [-0.2, -0.15) is 0 Å². The summed E-state index contributed by atoms with van der Waals surface area (Å²) < 4.78 is 7.44. The average Bonchev–Trinajstić information content (AvgIpc) is 2.43. The van der Waals surface area contributed by atoms with Crippen LogP contribution in [0.2, 0.25) is 0 Å². The van der Waals surface area contributed by atoms with Gasteiger partial charge in [-0.1, -0.05) is 6.42 Å². The summed E-state index contributed by atoms with van der Waals surface area (Å²) in [6.45, 7) is 0.570. The summed E-state index contributed by atoms with van der Waals surface area (Å²) in [5.41, 5.74) is 8.20. The Balaban J connectivity index is 1.91. The monoisotopic (exact) mass is 285 g/mol. The molecule has 0 radical (unpaired) electrons. The molecule has 1 aliphatic carbocycles. The minimum absolute atomic E-state index is 0.0955. The Morgan fingerprint density at radius 3 is 2.90 bits per heavy atom. The van der Waals surface area contributed by atoms with Gasteiger partial charge in [0.1, 0.15) is 6.61 Å². The number of anilines is 2. The third-order valence-corrected chi connectivity index (χ3v) is 4.83. The van der Waals surface area contributed by atoms with Crippen LogP contribution < -0.4 is 21.3 Å². The summed E-state index contributed by atoms with van der Waals surface area (Å²) in [6, 6.07) is 5.91. The molecule has 0 saturated heterocycles. The molecular formula is C16H19N3O2. The first-order valence-electron chi connectivity index (χ1n) is 7.46. The first-order valence-corrected chi connectivity index (χ1v) is 7.46. The van der Waals surface area contributed by atoms with E-state index >= 15 is 0 Å². The van der Waals surface area contributed by atoms with Crippen molar-refractivity contribution in [1.82, 2.24) is 4.57 Å². The first-order chi connectivity index (χ1) is 10.1. The number of fused-ring (bicyclic) bond motifs is 3. The van der Waals surface area contributed by atoms with Gasteiger partial charge >= 0.3 is 0 Å². The highest BCUT2D eigenvalue weighted by Gasteiger charge is 2.33. The van der Waals surface area contributed by atoms with Gasteiger partial charge in [-0.05, 0) is 37.0 Å². The van der Waals surface area contributed by atoms with Crippen LogP contribution in [-0.4, -0.2) is 17.2 Å². The van der Waals surface area contributed by atoms with E-state index < -0.39 is 0 Å². The highest BCUT2D eigenvalue weighted by atomic mass is 16.5. The quantitative estimate of drug-likeness (QED) is 0.787. The number of nitrogens with two attached hydrogens (primary N) is 1. The zero-order valence-electron chi connectivity index (χ0n) is 12.1. The molecule has 1 aliphatic heterocycles. The van der Waals surface area contributed by atoms with Crippen LogP contribution in [0.5, 0.6) is 5.75 Å². The lowest BCUT2D eigenvalue weighted by Gasteiger charge is -2.38. The van der Waals surface area contributed by atoms with Gasteiger partial charge in [0.25, 0.3) is 5.56 Å². The summed E-state index contributed by atoms with van der Waals surface area (Å²) in [7, 11) is 1.77. The van der Waals surface area contributed by atoms with E-state index in [1.54, 1.807) is 11.6 Å². The summed E-state index contributed by atoms with van der Waals surface area (Å²) in [5, 5.41) is 4.50. The maximum Gasteiger partial charge on any atom is 0.295 e. The van der Waals surface area contributed by atoms with Crippen molar-refractivity contribution >= 4 is 22.3 Å². The van der Waals surface area contributed by atoms with Crippen molar-refractivity contribution in [3.05, 3.63) is 28.6 Å². The predicted molar refractivity (Wildman–Crippen MR) is 83.8 cm³/mol. The van der Waals surface area contributed by atoms with E-state index in [9.17, 15) is 4.79 Å². The third kappa shape index (κ3) is 1.80. The summed E-state index contributed by atoms with van der Waals surface area (Å²) in [6.07, 6.45) is 3.77. The Hall–Kier alpha value is -2.17. The van der Waals surface area contributed by atoms with Crippen molar-refractivity contribution in [2.45, 2.75) is 25.3 Å². The molecule has 1 saturated carbocycles. The zero-order chi connectivity index (χ0) is 14.6. The summed E-state index contributed by atoms with van der Waals surface area (Å²) >= 11 is 0. The van der Waals surface area contributed by atoms with E-state index in [1.807, 2.05) is 18.2 Å². The molecule has 0 bridgehead atoms. The maximum absolute atomic E-state index is 12.4. The van der Waals surface area contributed by atoms with Gasteiger partial charge in [0, 0.05) is 18.1 Å². The number of rotatable bonds is 1. The standard InChI is InChI=1S/C16H19N3O2/c1-19-13-6-5-10(17)7-11(13)14-15(16(19)20)21-8-12(18-14)9-3-2-4-9/h5-7,9,12,18H,2-4,8,17H2,1H3. The molecule has 1 unspecified atom stereocenters. The average molecular weight is 285 g/mol.